The van der Waals surface area contributed by atoms with E-state index in [-0.39, 0.29) is 5.84 Å². The van der Waals surface area contributed by atoms with Gasteiger partial charge in [-0.15, -0.1) is 0 Å². The Morgan fingerprint density at radius 3 is 3.00 bits per heavy atom. The fraction of sp³-hybridized carbons (Fsp3) is 0.0909. The molecule has 2 rings (SSSR count). The summed E-state index contributed by atoms with van der Waals surface area (Å²) < 4.78 is 2.69. The van der Waals surface area contributed by atoms with E-state index in [4.69, 9.17) is 10.9 Å². The largest absolute Gasteiger partial charge is 0.409 e. The Hall–Kier alpha value is -1.82. The molecule has 6 heteroatoms. The monoisotopic (exact) mass is 294 g/mol. The predicted molar refractivity (Wildman–Crippen MR) is 68.5 cm³/mol. The van der Waals surface area contributed by atoms with Gasteiger partial charge in [-0.1, -0.05) is 5.16 Å². The van der Waals surface area contributed by atoms with Gasteiger partial charge in [-0.05, 0) is 46.6 Å². The SMILES string of the molecule is Cc1cc(Br)cnc1-n1cccc1/C(N)=N/O. The smallest absolute Gasteiger partial charge is 0.187 e. The zero-order valence-electron chi connectivity index (χ0n) is 9.13. The molecule has 3 N–H and O–H groups in total. The molecule has 0 unspecified atom stereocenters. The lowest BCUT2D eigenvalue weighted by Gasteiger charge is -2.10. The molecule has 0 bridgehead atoms. The number of aromatic nitrogens is 2. The van der Waals surface area contributed by atoms with Gasteiger partial charge >= 0.3 is 0 Å². The van der Waals surface area contributed by atoms with Crippen molar-refractivity contribution in [1.29, 1.82) is 0 Å². The second-order valence-corrected chi connectivity index (χ2v) is 4.46. The molecule has 0 amide bonds. The summed E-state index contributed by atoms with van der Waals surface area (Å²) in [5.74, 6) is 0.805. The average molecular weight is 295 g/mol. The molecule has 0 saturated carbocycles. The third kappa shape index (κ3) is 2.16. The standard InChI is InChI=1S/C11H11BrN4O/c1-7-5-8(12)6-14-11(7)16-4-2-3-9(16)10(13)15-17/h2-6,17H,1H3,(H2,13,15). The lowest BCUT2D eigenvalue weighted by atomic mass is 10.3. The third-order valence-corrected chi connectivity index (χ3v) is 2.80. The van der Waals surface area contributed by atoms with Crippen molar-refractivity contribution >= 4 is 21.8 Å². The first-order valence-electron chi connectivity index (χ1n) is 4.91. The number of aryl methyl sites for hydroxylation is 1. The topological polar surface area (TPSA) is 76.4 Å². The Balaban J connectivity index is 2.58. The van der Waals surface area contributed by atoms with Crippen LogP contribution in [0.2, 0.25) is 0 Å². The van der Waals surface area contributed by atoms with Crippen molar-refractivity contribution in [2.75, 3.05) is 0 Å². The predicted octanol–water partition coefficient (Wildman–Crippen LogP) is 2.04. The van der Waals surface area contributed by atoms with Crippen LogP contribution in [0.5, 0.6) is 0 Å². The summed E-state index contributed by atoms with van der Waals surface area (Å²) in [5.41, 5.74) is 7.19. The van der Waals surface area contributed by atoms with Gasteiger partial charge in [0.05, 0.1) is 5.69 Å². The van der Waals surface area contributed by atoms with E-state index in [0.29, 0.717) is 5.69 Å². The van der Waals surface area contributed by atoms with E-state index in [1.165, 1.54) is 0 Å². The van der Waals surface area contributed by atoms with Crippen LogP contribution in [0.4, 0.5) is 0 Å². The van der Waals surface area contributed by atoms with Crippen molar-refractivity contribution in [3.8, 4) is 5.82 Å². The van der Waals surface area contributed by atoms with Crippen LogP contribution in [0.1, 0.15) is 11.3 Å². The van der Waals surface area contributed by atoms with Crippen LogP contribution >= 0.6 is 15.9 Å². The minimum absolute atomic E-state index is 0.0547. The van der Waals surface area contributed by atoms with Crippen molar-refractivity contribution in [3.63, 3.8) is 0 Å². The van der Waals surface area contributed by atoms with Crippen molar-refractivity contribution < 1.29 is 5.21 Å². The summed E-state index contributed by atoms with van der Waals surface area (Å²) >= 11 is 3.36. The molecule has 17 heavy (non-hydrogen) atoms. The first-order valence-corrected chi connectivity index (χ1v) is 5.70. The van der Waals surface area contributed by atoms with Gasteiger partial charge in [-0.2, -0.15) is 0 Å². The minimum Gasteiger partial charge on any atom is -0.409 e. The maximum atomic E-state index is 8.71. The van der Waals surface area contributed by atoms with Gasteiger partial charge < -0.3 is 10.9 Å². The molecule has 0 aliphatic rings. The first kappa shape index (κ1) is 11.7. The first-order chi connectivity index (χ1) is 8.13. The molecule has 0 aromatic carbocycles. The van der Waals surface area contributed by atoms with E-state index >= 15 is 0 Å². The molecule has 0 atom stereocenters. The summed E-state index contributed by atoms with van der Waals surface area (Å²) in [6, 6.07) is 5.53. The molecule has 2 heterocycles. The van der Waals surface area contributed by atoms with Crippen LogP contribution in [0.25, 0.3) is 5.82 Å². The number of pyridine rings is 1. The lowest BCUT2D eigenvalue weighted by Crippen LogP contribution is -2.18. The Kier molecular flexibility index (Phi) is 3.14. The van der Waals surface area contributed by atoms with Gasteiger partial charge in [0, 0.05) is 16.9 Å². The fourth-order valence-corrected chi connectivity index (χ4v) is 2.06. The van der Waals surface area contributed by atoms with E-state index in [2.05, 4.69) is 26.1 Å². The summed E-state index contributed by atoms with van der Waals surface area (Å²) in [6.07, 6.45) is 3.52. The lowest BCUT2D eigenvalue weighted by molar-refractivity contribution is 0.318. The summed E-state index contributed by atoms with van der Waals surface area (Å²) in [4.78, 5) is 4.32. The highest BCUT2D eigenvalue weighted by Gasteiger charge is 2.10. The second-order valence-electron chi connectivity index (χ2n) is 3.54. The Bertz CT molecular complexity index is 577. The number of rotatable bonds is 2. The van der Waals surface area contributed by atoms with Crippen LogP contribution in [0.15, 0.2) is 40.2 Å². The third-order valence-electron chi connectivity index (χ3n) is 2.36. The summed E-state index contributed by atoms with van der Waals surface area (Å²) in [6.45, 7) is 1.95. The molecule has 0 spiro atoms. The number of hydrogen-bond donors (Lipinski definition) is 2. The van der Waals surface area contributed by atoms with Crippen LogP contribution in [0, 0.1) is 6.92 Å². The molecule has 88 valence electrons. The van der Waals surface area contributed by atoms with Gasteiger partial charge in [0.15, 0.2) is 5.84 Å². The van der Waals surface area contributed by atoms with Gasteiger partial charge in [0.2, 0.25) is 0 Å². The quantitative estimate of drug-likeness (QED) is 0.385. The van der Waals surface area contributed by atoms with E-state index in [0.717, 1.165) is 15.9 Å². The highest BCUT2D eigenvalue weighted by atomic mass is 79.9. The molecule has 0 aliphatic heterocycles. The van der Waals surface area contributed by atoms with Crippen LogP contribution in [0.3, 0.4) is 0 Å². The summed E-state index contributed by atoms with van der Waals surface area (Å²) in [7, 11) is 0. The minimum atomic E-state index is 0.0547. The van der Waals surface area contributed by atoms with Crippen molar-refractivity contribution in [3.05, 3.63) is 46.3 Å². The van der Waals surface area contributed by atoms with Crippen molar-refractivity contribution in [1.82, 2.24) is 9.55 Å². The van der Waals surface area contributed by atoms with Crippen LogP contribution in [-0.2, 0) is 0 Å². The van der Waals surface area contributed by atoms with Crippen LogP contribution in [-0.4, -0.2) is 20.6 Å². The van der Waals surface area contributed by atoms with E-state index in [1.54, 1.807) is 16.8 Å². The molecule has 5 nitrogen and oxygen atoms in total. The van der Waals surface area contributed by atoms with Gasteiger partial charge in [0.25, 0.3) is 0 Å². The fourth-order valence-electron chi connectivity index (χ4n) is 1.61. The van der Waals surface area contributed by atoms with Crippen LogP contribution < -0.4 is 5.73 Å². The van der Waals surface area contributed by atoms with Crippen molar-refractivity contribution in [2.45, 2.75) is 6.92 Å². The number of halogens is 1. The number of hydrogen-bond acceptors (Lipinski definition) is 3. The number of nitrogens with two attached hydrogens (primary N) is 1. The van der Waals surface area contributed by atoms with Gasteiger partial charge in [-0.25, -0.2) is 4.98 Å². The van der Waals surface area contributed by atoms with E-state index in [1.807, 2.05) is 25.3 Å². The van der Waals surface area contributed by atoms with Gasteiger partial charge in [-0.3, -0.25) is 4.57 Å². The Morgan fingerprint density at radius 1 is 1.59 bits per heavy atom. The number of nitrogens with zero attached hydrogens (tertiary/aromatic N) is 3. The van der Waals surface area contributed by atoms with E-state index < -0.39 is 0 Å². The molecule has 2 aromatic rings. The molecule has 2 aromatic heterocycles. The Labute approximate surface area is 107 Å². The maximum absolute atomic E-state index is 8.71. The molecule has 0 saturated heterocycles. The second kappa shape index (κ2) is 4.58. The zero-order chi connectivity index (χ0) is 12.4. The Morgan fingerprint density at radius 2 is 2.35 bits per heavy atom. The molecule has 0 aliphatic carbocycles. The van der Waals surface area contributed by atoms with Crippen molar-refractivity contribution in [2.24, 2.45) is 10.9 Å². The zero-order valence-corrected chi connectivity index (χ0v) is 10.7. The highest BCUT2D eigenvalue weighted by molar-refractivity contribution is 9.10. The number of amidine groups is 1. The maximum Gasteiger partial charge on any atom is 0.187 e. The van der Waals surface area contributed by atoms with Gasteiger partial charge in [0.1, 0.15) is 5.82 Å². The molecule has 0 fully saturated rings. The normalized spacial score (nSPS) is 11.8. The molecular formula is C11H11BrN4O. The number of oxime groups is 1. The molecular weight excluding hydrogens is 284 g/mol. The summed E-state index contributed by atoms with van der Waals surface area (Å²) in [5, 5.41) is 11.7. The average Bonchev–Trinajstić information content (AvgIpc) is 2.77. The highest BCUT2D eigenvalue weighted by Crippen LogP contribution is 2.18. The molecule has 0 radical (unpaired) electrons. The van der Waals surface area contributed by atoms with E-state index in [9.17, 15) is 0 Å².